The number of halogens is 4. The van der Waals surface area contributed by atoms with E-state index in [0.29, 0.717) is 24.5 Å². The molecule has 4 nitrogen and oxygen atoms in total. The highest BCUT2D eigenvalue weighted by atomic mass is 19.4. The van der Waals surface area contributed by atoms with Gasteiger partial charge in [0.2, 0.25) is 0 Å². The van der Waals surface area contributed by atoms with Crippen LogP contribution >= 0.6 is 0 Å². The summed E-state index contributed by atoms with van der Waals surface area (Å²) < 4.78 is 57.3. The number of piperazine rings is 1. The van der Waals surface area contributed by atoms with Gasteiger partial charge in [0.05, 0.1) is 30.3 Å². The van der Waals surface area contributed by atoms with E-state index in [1.54, 1.807) is 12.1 Å². The van der Waals surface area contributed by atoms with Crippen molar-refractivity contribution in [3.8, 4) is 0 Å². The maximum Gasteiger partial charge on any atom is 0.416 e. The first-order valence-corrected chi connectivity index (χ1v) is 8.38. The van der Waals surface area contributed by atoms with E-state index in [1.165, 1.54) is 25.3 Å². The third-order valence-electron chi connectivity index (χ3n) is 5.21. The Labute approximate surface area is 152 Å². The molecule has 2 aromatic rings. The zero-order chi connectivity index (χ0) is 19.3. The number of esters is 1. The Morgan fingerprint density at radius 2 is 1.67 bits per heavy atom. The number of rotatable bonds is 3. The number of ether oxygens (including phenoxy) is 1. The van der Waals surface area contributed by atoms with Crippen molar-refractivity contribution in [1.82, 2.24) is 0 Å². The molecule has 2 unspecified atom stereocenters. The number of hydrogen-bond donors (Lipinski definition) is 0. The van der Waals surface area contributed by atoms with E-state index in [4.69, 9.17) is 0 Å². The lowest BCUT2D eigenvalue weighted by Crippen LogP contribution is -2.79. The molecule has 2 heterocycles. The topological polar surface area (TPSA) is 32.8 Å². The molecule has 2 atom stereocenters. The predicted molar refractivity (Wildman–Crippen MR) is 91.5 cm³/mol. The molecule has 4 rings (SSSR count). The van der Waals surface area contributed by atoms with E-state index in [-0.39, 0.29) is 17.6 Å². The molecule has 0 amide bonds. The fourth-order valence-corrected chi connectivity index (χ4v) is 3.67. The Kier molecular flexibility index (Phi) is 4.01. The van der Waals surface area contributed by atoms with Crippen LogP contribution in [-0.4, -0.2) is 38.3 Å². The van der Waals surface area contributed by atoms with Crippen LogP contribution in [0.25, 0.3) is 0 Å². The number of alkyl halides is 3. The molecule has 142 valence electrons. The van der Waals surface area contributed by atoms with Gasteiger partial charge in [0.25, 0.3) is 0 Å². The first-order chi connectivity index (χ1) is 12.8. The molecular formula is C19H16F4N2O2. The fraction of sp³-hybridized carbons (Fsp3) is 0.316. The van der Waals surface area contributed by atoms with Gasteiger partial charge in [0.15, 0.2) is 0 Å². The van der Waals surface area contributed by atoms with Gasteiger partial charge in [-0.15, -0.1) is 0 Å². The number of anilines is 2. The van der Waals surface area contributed by atoms with E-state index >= 15 is 0 Å². The van der Waals surface area contributed by atoms with Crippen LogP contribution in [0.3, 0.4) is 0 Å². The quantitative estimate of drug-likeness (QED) is 0.600. The summed E-state index contributed by atoms with van der Waals surface area (Å²) >= 11 is 0. The lowest BCUT2D eigenvalue weighted by atomic mass is 9.84. The largest absolute Gasteiger partial charge is 0.465 e. The summed E-state index contributed by atoms with van der Waals surface area (Å²) in [6.07, 6.45) is -4.37. The van der Waals surface area contributed by atoms with Gasteiger partial charge in [-0.3, -0.25) is 0 Å². The molecule has 0 radical (unpaired) electrons. The van der Waals surface area contributed by atoms with Crippen molar-refractivity contribution >= 4 is 17.3 Å². The smallest absolute Gasteiger partial charge is 0.416 e. The van der Waals surface area contributed by atoms with Gasteiger partial charge in [-0.2, -0.15) is 13.2 Å². The molecule has 2 fully saturated rings. The summed E-state index contributed by atoms with van der Waals surface area (Å²) in [5, 5.41) is 0. The highest BCUT2D eigenvalue weighted by molar-refractivity contribution is 5.90. The molecular weight excluding hydrogens is 364 g/mol. The Bertz CT molecular complexity index is 900. The minimum atomic E-state index is -4.37. The lowest BCUT2D eigenvalue weighted by molar-refractivity contribution is -0.137. The van der Waals surface area contributed by atoms with Gasteiger partial charge < -0.3 is 14.5 Å². The third-order valence-corrected chi connectivity index (χ3v) is 5.21. The summed E-state index contributed by atoms with van der Waals surface area (Å²) in [5.41, 5.74) is 0.390. The molecule has 0 N–H and O–H groups in total. The Morgan fingerprint density at radius 3 is 2.19 bits per heavy atom. The molecule has 2 aromatic carbocycles. The molecule has 2 aliphatic heterocycles. The summed E-state index contributed by atoms with van der Waals surface area (Å²) in [6, 6.07) is 9.81. The lowest BCUT2D eigenvalue weighted by Gasteiger charge is -2.63. The summed E-state index contributed by atoms with van der Waals surface area (Å²) in [4.78, 5) is 15.4. The number of benzene rings is 2. The number of fused-ring (bicyclic) bond motifs is 1. The fourth-order valence-electron chi connectivity index (χ4n) is 3.67. The van der Waals surface area contributed by atoms with Gasteiger partial charge in [-0.25, -0.2) is 9.18 Å². The van der Waals surface area contributed by atoms with Crippen LogP contribution in [0.2, 0.25) is 0 Å². The number of carbonyl (C=O) groups excluding carboxylic acids is 1. The Morgan fingerprint density at radius 1 is 1.04 bits per heavy atom. The van der Waals surface area contributed by atoms with Gasteiger partial charge in [-0.05, 0) is 36.4 Å². The average molecular weight is 380 g/mol. The van der Waals surface area contributed by atoms with Gasteiger partial charge >= 0.3 is 12.1 Å². The Balaban J connectivity index is 1.46. The van der Waals surface area contributed by atoms with E-state index in [1.807, 2.05) is 9.80 Å². The van der Waals surface area contributed by atoms with Crippen LogP contribution in [0.4, 0.5) is 28.9 Å². The zero-order valence-corrected chi connectivity index (χ0v) is 14.3. The van der Waals surface area contributed by atoms with Crippen LogP contribution in [-0.2, 0) is 10.9 Å². The zero-order valence-electron chi connectivity index (χ0n) is 14.3. The Hall–Kier alpha value is -2.77. The second-order valence-electron chi connectivity index (χ2n) is 6.64. The standard InChI is InChI=1S/C19H16F4N2O2/c1-27-18(26)14-6-5-13(8-15(14)20)25-10-16-17(25)9-24(16)12-4-2-3-11(7-12)19(21,22)23/h2-8,16-17H,9-10H2,1H3. The van der Waals surface area contributed by atoms with Gasteiger partial charge in [-0.1, -0.05) is 6.07 Å². The normalized spacial score (nSPS) is 21.2. The van der Waals surface area contributed by atoms with Gasteiger partial charge in [0.1, 0.15) is 5.82 Å². The van der Waals surface area contributed by atoms with Crippen molar-refractivity contribution in [2.45, 2.75) is 18.3 Å². The van der Waals surface area contributed by atoms with Crippen molar-refractivity contribution < 1.29 is 27.1 Å². The van der Waals surface area contributed by atoms with Crippen molar-refractivity contribution in [2.75, 3.05) is 30.0 Å². The van der Waals surface area contributed by atoms with Crippen molar-refractivity contribution in [2.24, 2.45) is 0 Å². The third kappa shape index (κ3) is 2.89. The SMILES string of the molecule is COC(=O)c1ccc(N2CC3C2CN3c2cccc(C(F)(F)F)c2)cc1F. The number of nitrogens with zero attached hydrogens (tertiary/aromatic N) is 2. The minimum absolute atomic E-state index is 0.0943. The monoisotopic (exact) mass is 380 g/mol. The first-order valence-electron chi connectivity index (χ1n) is 8.38. The predicted octanol–water partition coefficient (Wildman–Crippen LogP) is 3.71. The van der Waals surface area contributed by atoms with Gasteiger partial charge in [0, 0.05) is 24.5 Å². The highest BCUT2D eigenvalue weighted by Gasteiger charge is 2.52. The van der Waals surface area contributed by atoms with Crippen LogP contribution in [0, 0.1) is 5.82 Å². The molecule has 27 heavy (non-hydrogen) atoms. The highest BCUT2D eigenvalue weighted by Crippen LogP contribution is 2.41. The number of carbonyl (C=O) groups is 1. The second-order valence-corrected chi connectivity index (χ2v) is 6.64. The van der Waals surface area contributed by atoms with Crippen molar-refractivity contribution in [1.29, 1.82) is 0 Å². The maximum atomic E-state index is 14.1. The van der Waals surface area contributed by atoms with Crippen LogP contribution in [0.15, 0.2) is 42.5 Å². The number of hydrogen-bond acceptors (Lipinski definition) is 4. The summed E-state index contributed by atoms with van der Waals surface area (Å²) in [5.74, 6) is -1.39. The molecule has 0 aliphatic carbocycles. The molecule has 8 heteroatoms. The average Bonchev–Trinajstić information content (AvgIpc) is 2.62. The van der Waals surface area contributed by atoms with Crippen molar-refractivity contribution in [3.63, 3.8) is 0 Å². The van der Waals surface area contributed by atoms with E-state index in [2.05, 4.69) is 4.74 Å². The molecule has 0 aromatic heterocycles. The van der Waals surface area contributed by atoms with E-state index < -0.39 is 23.5 Å². The van der Waals surface area contributed by atoms with E-state index in [9.17, 15) is 22.4 Å². The second kappa shape index (κ2) is 6.14. The minimum Gasteiger partial charge on any atom is -0.465 e. The van der Waals surface area contributed by atoms with Crippen LogP contribution in [0.5, 0.6) is 0 Å². The van der Waals surface area contributed by atoms with Crippen LogP contribution in [0.1, 0.15) is 15.9 Å². The molecule has 0 saturated carbocycles. The summed E-state index contributed by atoms with van der Waals surface area (Å²) in [6.45, 7) is 1.14. The molecule has 0 spiro atoms. The van der Waals surface area contributed by atoms with Crippen LogP contribution < -0.4 is 9.80 Å². The molecule has 0 bridgehead atoms. The maximum absolute atomic E-state index is 14.1. The summed E-state index contributed by atoms with van der Waals surface area (Å²) in [7, 11) is 1.19. The first kappa shape index (κ1) is 17.6. The van der Waals surface area contributed by atoms with E-state index in [0.717, 1.165) is 12.1 Å². The molecule has 2 saturated heterocycles. The van der Waals surface area contributed by atoms with Crippen molar-refractivity contribution in [3.05, 3.63) is 59.4 Å². The molecule has 2 aliphatic rings. The number of methoxy groups -OCH3 is 1.